The molecule has 1 aromatic carbocycles. The molecule has 5 nitrogen and oxygen atoms in total. The SMILES string of the molecule is CCCC(=O)Nc1ccc(CNC(=NC)N2CCCC(C)C2)cc1. The number of likely N-dealkylation sites (tertiary alicyclic amines) is 1. The van der Waals surface area contributed by atoms with Gasteiger partial charge in [0.15, 0.2) is 5.96 Å². The minimum Gasteiger partial charge on any atom is -0.352 e. The third kappa shape index (κ3) is 5.55. The van der Waals surface area contributed by atoms with Gasteiger partial charge in [-0.15, -0.1) is 0 Å². The Bertz CT molecular complexity index is 553. The Morgan fingerprint density at radius 2 is 2.08 bits per heavy atom. The second-order valence-electron chi connectivity index (χ2n) is 6.59. The molecule has 0 spiro atoms. The zero-order valence-corrected chi connectivity index (χ0v) is 15.1. The zero-order valence-electron chi connectivity index (χ0n) is 15.1. The van der Waals surface area contributed by atoms with Crippen LogP contribution in [0, 0.1) is 5.92 Å². The van der Waals surface area contributed by atoms with Crippen LogP contribution in [0.15, 0.2) is 29.3 Å². The summed E-state index contributed by atoms with van der Waals surface area (Å²) in [7, 11) is 1.84. The van der Waals surface area contributed by atoms with Crippen LogP contribution in [0.25, 0.3) is 0 Å². The van der Waals surface area contributed by atoms with Crippen molar-refractivity contribution in [2.75, 3.05) is 25.5 Å². The highest BCUT2D eigenvalue weighted by Crippen LogP contribution is 2.16. The molecule has 2 N–H and O–H groups in total. The molecule has 1 saturated heterocycles. The number of hydrogen-bond donors (Lipinski definition) is 2. The first-order valence-corrected chi connectivity index (χ1v) is 8.96. The molecule has 0 saturated carbocycles. The standard InChI is InChI=1S/C19H30N4O/c1-4-6-18(24)22-17-10-8-16(9-11-17)13-21-19(20-3)23-12-5-7-15(2)14-23/h8-11,15H,4-7,12-14H2,1-3H3,(H,20,21)(H,22,24). The van der Waals surface area contributed by atoms with Gasteiger partial charge in [0, 0.05) is 38.8 Å². The van der Waals surface area contributed by atoms with E-state index < -0.39 is 0 Å². The molecule has 24 heavy (non-hydrogen) atoms. The van der Waals surface area contributed by atoms with Gasteiger partial charge in [-0.05, 0) is 42.9 Å². The molecule has 1 aliphatic heterocycles. The highest BCUT2D eigenvalue weighted by Gasteiger charge is 2.18. The van der Waals surface area contributed by atoms with Crippen molar-refractivity contribution in [3.05, 3.63) is 29.8 Å². The van der Waals surface area contributed by atoms with E-state index in [9.17, 15) is 4.79 Å². The Labute approximate surface area is 145 Å². The summed E-state index contributed by atoms with van der Waals surface area (Å²) in [6, 6.07) is 7.99. The predicted octanol–water partition coefficient (Wildman–Crippen LogP) is 3.23. The number of nitrogens with one attached hydrogen (secondary N) is 2. The zero-order chi connectivity index (χ0) is 17.4. The van der Waals surface area contributed by atoms with Crippen molar-refractivity contribution in [2.24, 2.45) is 10.9 Å². The van der Waals surface area contributed by atoms with Gasteiger partial charge in [-0.2, -0.15) is 0 Å². The first-order chi connectivity index (χ1) is 11.6. The van der Waals surface area contributed by atoms with Gasteiger partial charge in [-0.3, -0.25) is 9.79 Å². The van der Waals surface area contributed by atoms with Crippen LogP contribution in [0.5, 0.6) is 0 Å². The fraction of sp³-hybridized carbons (Fsp3) is 0.579. The van der Waals surface area contributed by atoms with Crippen molar-refractivity contribution >= 4 is 17.6 Å². The van der Waals surface area contributed by atoms with Crippen LogP contribution in [0.4, 0.5) is 5.69 Å². The van der Waals surface area contributed by atoms with Gasteiger partial charge in [0.2, 0.25) is 5.91 Å². The normalized spacial score (nSPS) is 18.4. The number of carbonyl (C=O) groups excluding carboxylic acids is 1. The number of nitrogens with zero attached hydrogens (tertiary/aromatic N) is 2. The summed E-state index contributed by atoms with van der Waals surface area (Å²) in [5.41, 5.74) is 2.03. The fourth-order valence-corrected chi connectivity index (χ4v) is 3.05. The van der Waals surface area contributed by atoms with E-state index in [4.69, 9.17) is 0 Å². The lowest BCUT2D eigenvalue weighted by Crippen LogP contribution is -2.45. The molecule has 0 radical (unpaired) electrons. The molecule has 132 valence electrons. The Balaban J connectivity index is 1.85. The molecule has 0 bridgehead atoms. The molecule has 0 aliphatic carbocycles. The van der Waals surface area contributed by atoms with Crippen LogP contribution in [-0.2, 0) is 11.3 Å². The molecular weight excluding hydrogens is 300 g/mol. The van der Waals surface area contributed by atoms with Gasteiger partial charge in [0.1, 0.15) is 0 Å². The second kappa shape index (κ2) is 9.30. The van der Waals surface area contributed by atoms with Gasteiger partial charge < -0.3 is 15.5 Å². The summed E-state index contributed by atoms with van der Waals surface area (Å²) in [5.74, 6) is 1.77. The van der Waals surface area contributed by atoms with Gasteiger partial charge in [0.05, 0.1) is 0 Å². The Hall–Kier alpha value is -2.04. The first kappa shape index (κ1) is 18.3. The lowest BCUT2D eigenvalue weighted by Gasteiger charge is -2.33. The maximum atomic E-state index is 11.6. The van der Waals surface area contributed by atoms with Gasteiger partial charge in [-0.25, -0.2) is 0 Å². The van der Waals surface area contributed by atoms with Gasteiger partial charge >= 0.3 is 0 Å². The van der Waals surface area contributed by atoms with Crippen molar-refractivity contribution in [1.82, 2.24) is 10.2 Å². The summed E-state index contributed by atoms with van der Waals surface area (Å²) in [4.78, 5) is 18.4. The minimum absolute atomic E-state index is 0.0722. The smallest absolute Gasteiger partial charge is 0.224 e. The molecule has 2 rings (SSSR count). The molecule has 1 amide bonds. The lowest BCUT2D eigenvalue weighted by atomic mass is 10.0. The van der Waals surface area contributed by atoms with E-state index in [2.05, 4.69) is 27.4 Å². The number of anilines is 1. The number of benzene rings is 1. The van der Waals surface area contributed by atoms with E-state index in [1.54, 1.807) is 0 Å². The van der Waals surface area contributed by atoms with Gasteiger partial charge in [-0.1, -0.05) is 26.0 Å². The number of amides is 1. The highest BCUT2D eigenvalue weighted by atomic mass is 16.1. The minimum atomic E-state index is 0.0722. The molecule has 5 heteroatoms. The molecule has 1 aromatic rings. The van der Waals surface area contributed by atoms with Crippen LogP contribution in [0.3, 0.4) is 0 Å². The summed E-state index contributed by atoms with van der Waals surface area (Å²) >= 11 is 0. The maximum absolute atomic E-state index is 11.6. The number of rotatable bonds is 5. The largest absolute Gasteiger partial charge is 0.352 e. The Morgan fingerprint density at radius 1 is 1.33 bits per heavy atom. The van der Waals surface area contributed by atoms with Crippen molar-refractivity contribution in [3.8, 4) is 0 Å². The molecule has 1 fully saturated rings. The topological polar surface area (TPSA) is 56.7 Å². The number of aliphatic imine (C=N–C) groups is 1. The third-order valence-electron chi connectivity index (χ3n) is 4.33. The molecule has 0 aromatic heterocycles. The molecule has 1 heterocycles. The van der Waals surface area contributed by atoms with E-state index in [0.29, 0.717) is 6.42 Å². The summed E-state index contributed by atoms with van der Waals surface area (Å²) in [6.45, 7) is 7.19. The predicted molar refractivity (Wildman–Crippen MR) is 100 cm³/mol. The van der Waals surface area contributed by atoms with Crippen LogP contribution >= 0.6 is 0 Å². The number of carbonyl (C=O) groups is 1. The maximum Gasteiger partial charge on any atom is 0.224 e. The van der Waals surface area contributed by atoms with Crippen molar-refractivity contribution < 1.29 is 4.79 Å². The Morgan fingerprint density at radius 3 is 2.71 bits per heavy atom. The van der Waals surface area contributed by atoms with E-state index in [0.717, 1.165) is 43.6 Å². The number of piperidine rings is 1. The van der Waals surface area contributed by atoms with E-state index in [1.165, 1.54) is 18.4 Å². The second-order valence-corrected chi connectivity index (χ2v) is 6.59. The van der Waals surface area contributed by atoms with Crippen LogP contribution in [-0.4, -0.2) is 36.9 Å². The van der Waals surface area contributed by atoms with E-state index >= 15 is 0 Å². The average molecular weight is 330 g/mol. The van der Waals surface area contributed by atoms with Crippen LogP contribution in [0.1, 0.15) is 45.1 Å². The van der Waals surface area contributed by atoms with Crippen molar-refractivity contribution in [3.63, 3.8) is 0 Å². The van der Waals surface area contributed by atoms with E-state index in [1.807, 2.05) is 38.2 Å². The quantitative estimate of drug-likeness (QED) is 0.644. The third-order valence-corrected chi connectivity index (χ3v) is 4.33. The van der Waals surface area contributed by atoms with E-state index in [-0.39, 0.29) is 5.91 Å². The monoisotopic (exact) mass is 330 g/mol. The average Bonchev–Trinajstić information content (AvgIpc) is 2.57. The fourth-order valence-electron chi connectivity index (χ4n) is 3.05. The van der Waals surface area contributed by atoms with Crippen molar-refractivity contribution in [1.29, 1.82) is 0 Å². The molecule has 1 aliphatic rings. The number of guanidine groups is 1. The highest BCUT2D eigenvalue weighted by molar-refractivity contribution is 5.90. The molecule has 1 atom stereocenters. The number of hydrogen-bond acceptors (Lipinski definition) is 2. The van der Waals surface area contributed by atoms with Crippen LogP contribution < -0.4 is 10.6 Å². The first-order valence-electron chi connectivity index (χ1n) is 8.96. The van der Waals surface area contributed by atoms with Crippen LogP contribution in [0.2, 0.25) is 0 Å². The van der Waals surface area contributed by atoms with Crippen molar-refractivity contribution in [2.45, 2.75) is 46.1 Å². The summed E-state index contributed by atoms with van der Waals surface area (Å²) in [5, 5.41) is 6.36. The molecular formula is C19H30N4O. The lowest BCUT2D eigenvalue weighted by molar-refractivity contribution is -0.116. The summed E-state index contributed by atoms with van der Waals surface area (Å²) < 4.78 is 0. The Kier molecular flexibility index (Phi) is 7.09. The van der Waals surface area contributed by atoms with Gasteiger partial charge in [0.25, 0.3) is 0 Å². The molecule has 1 unspecified atom stereocenters. The summed E-state index contributed by atoms with van der Waals surface area (Å²) in [6.07, 6.45) is 3.96.